The lowest BCUT2D eigenvalue weighted by Gasteiger charge is -2.31. The van der Waals surface area contributed by atoms with E-state index in [2.05, 4.69) is 4.90 Å². The smallest absolute Gasteiger partial charge is 0.0870 e. The standard InChI is InChI=1S/C8H14N2OS/c9-8(12)5-10-3-6-1-2-7(4-10)11-6/h6-7H,1-5H2,(H2,9,12). The molecule has 3 nitrogen and oxygen atoms in total. The van der Waals surface area contributed by atoms with Gasteiger partial charge in [-0.15, -0.1) is 0 Å². The van der Waals surface area contributed by atoms with Gasteiger partial charge in [-0.25, -0.2) is 0 Å². The van der Waals surface area contributed by atoms with E-state index in [1.54, 1.807) is 0 Å². The zero-order valence-corrected chi connectivity index (χ0v) is 7.85. The number of thiocarbonyl (C=S) groups is 1. The number of hydrogen-bond donors (Lipinski definition) is 1. The second-order valence-electron chi connectivity index (χ2n) is 3.62. The van der Waals surface area contributed by atoms with Crippen LogP contribution in [0.4, 0.5) is 0 Å². The van der Waals surface area contributed by atoms with E-state index in [-0.39, 0.29) is 0 Å². The van der Waals surface area contributed by atoms with Gasteiger partial charge in [-0.1, -0.05) is 12.2 Å². The third-order valence-corrected chi connectivity index (χ3v) is 2.63. The summed E-state index contributed by atoms with van der Waals surface area (Å²) < 4.78 is 5.68. The van der Waals surface area contributed by atoms with Gasteiger partial charge in [0.2, 0.25) is 0 Å². The second-order valence-corrected chi connectivity index (χ2v) is 4.14. The van der Waals surface area contributed by atoms with Crippen LogP contribution in [-0.4, -0.2) is 41.7 Å². The van der Waals surface area contributed by atoms with Crippen molar-refractivity contribution >= 4 is 17.2 Å². The van der Waals surface area contributed by atoms with Crippen molar-refractivity contribution in [1.82, 2.24) is 4.90 Å². The first-order valence-electron chi connectivity index (χ1n) is 4.40. The van der Waals surface area contributed by atoms with Gasteiger partial charge in [0, 0.05) is 19.6 Å². The molecule has 0 aliphatic carbocycles. The van der Waals surface area contributed by atoms with E-state index >= 15 is 0 Å². The van der Waals surface area contributed by atoms with Crippen LogP contribution in [-0.2, 0) is 4.74 Å². The second kappa shape index (κ2) is 3.28. The van der Waals surface area contributed by atoms with Crippen molar-refractivity contribution in [1.29, 1.82) is 0 Å². The molecule has 2 atom stereocenters. The Balaban J connectivity index is 1.89. The van der Waals surface area contributed by atoms with Crippen LogP contribution >= 0.6 is 12.2 Å². The first-order valence-corrected chi connectivity index (χ1v) is 4.81. The van der Waals surface area contributed by atoms with Gasteiger partial charge in [0.05, 0.1) is 17.2 Å². The van der Waals surface area contributed by atoms with Gasteiger partial charge in [0.15, 0.2) is 0 Å². The molecule has 2 N–H and O–H groups in total. The maximum absolute atomic E-state index is 5.68. The van der Waals surface area contributed by atoms with Crippen molar-refractivity contribution in [2.24, 2.45) is 5.73 Å². The lowest BCUT2D eigenvalue weighted by Crippen LogP contribution is -2.45. The molecule has 2 aliphatic heterocycles. The maximum Gasteiger partial charge on any atom is 0.0870 e. The van der Waals surface area contributed by atoms with E-state index in [0.717, 1.165) is 19.6 Å². The minimum Gasteiger partial charge on any atom is -0.392 e. The number of ether oxygens (including phenoxy) is 1. The Kier molecular flexibility index (Phi) is 2.30. The molecule has 0 aromatic heterocycles. The Morgan fingerprint density at radius 3 is 2.50 bits per heavy atom. The molecule has 4 heteroatoms. The highest BCUT2D eigenvalue weighted by Crippen LogP contribution is 2.25. The largest absolute Gasteiger partial charge is 0.392 e. The lowest BCUT2D eigenvalue weighted by molar-refractivity contribution is -0.0329. The van der Waals surface area contributed by atoms with Crippen LogP contribution in [0.2, 0.25) is 0 Å². The van der Waals surface area contributed by atoms with Crippen molar-refractivity contribution in [3.8, 4) is 0 Å². The predicted molar refractivity (Wildman–Crippen MR) is 51.1 cm³/mol. The summed E-state index contributed by atoms with van der Waals surface area (Å²) in [6.45, 7) is 2.77. The van der Waals surface area contributed by atoms with Crippen LogP contribution in [0.3, 0.4) is 0 Å². The van der Waals surface area contributed by atoms with Crippen LogP contribution in [0.15, 0.2) is 0 Å². The van der Waals surface area contributed by atoms with E-state index in [4.69, 9.17) is 22.7 Å². The number of rotatable bonds is 2. The first-order chi connectivity index (χ1) is 5.74. The summed E-state index contributed by atoms with van der Waals surface area (Å²) in [5, 5.41) is 0. The fourth-order valence-corrected chi connectivity index (χ4v) is 2.23. The van der Waals surface area contributed by atoms with Gasteiger partial charge in [-0.3, -0.25) is 4.90 Å². The van der Waals surface area contributed by atoms with Gasteiger partial charge >= 0.3 is 0 Å². The molecule has 0 aromatic rings. The topological polar surface area (TPSA) is 38.5 Å². The Morgan fingerprint density at radius 2 is 2.00 bits per heavy atom. The van der Waals surface area contributed by atoms with Crippen LogP contribution in [0, 0.1) is 0 Å². The fourth-order valence-electron chi connectivity index (χ4n) is 2.05. The number of nitrogens with two attached hydrogens (primary N) is 1. The predicted octanol–water partition coefficient (Wildman–Crippen LogP) is 0.136. The van der Waals surface area contributed by atoms with Crippen LogP contribution in [0.25, 0.3) is 0 Å². The molecule has 2 heterocycles. The molecule has 2 rings (SSSR count). The molecule has 2 aliphatic rings. The molecule has 12 heavy (non-hydrogen) atoms. The van der Waals surface area contributed by atoms with Crippen molar-refractivity contribution < 1.29 is 4.74 Å². The van der Waals surface area contributed by atoms with Gasteiger partial charge in [-0.2, -0.15) is 0 Å². The molecule has 2 bridgehead atoms. The normalized spacial score (nSPS) is 35.3. The molecular weight excluding hydrogens is 172 g/mol. The summed E-state index contributed by atoms with van der Waals surface area (Å²) in [4.78, 5) is 2.89. The summed E-state index contributed by atoms with van der Waals surface area (Å²) in [7, 11) is 0. The van der Waals surface area contributed by atoms with Gasteiger partial charge in [0.1, 0.15) is 0 Å². The lowest BCUT2D eigenvalue weighted by atomic mass is 10.2. The highest BCUT2D eigenvalue weighted by molar-refractivity contribution is 7.80. The van der Waals surface area contributed by atoms with E-state index in [0.29, 0.717) is 17.2 Å². The molecule has 0 radical (unpaired) electrons. The molecule has 2 saturated heterocycles. The van der Waals surface area contributed by atoms with Gasteiger partial charge < -0.3 is 10.5 Å². The third-order valence-electron chi connectivity index (χ3n) is 2.50. The number of morpholine rings is 1. The monoisotopic (exact) mass is 186 g/mol. The zero-order chi connectivity index (χ0) is 8.55. The quantitative estimate of drug-likeness (QED) is 0.622. The van der Waals surface area contributed by atoms with Crippen LogP contribution in [0.1, 0.15) is 12.8 Å². The fraction of sp³-hybridized carbons (Fsp3) is 0.875. The van der Waals surface area contributed by atoms with Crippen LogP contribution in [0.5, 0.6) is 0 Å². The summed E-state index contributed by atoms with van der Waals surface area (Å²) in [5.41, 5.74) is 5.48. The minimum atomic E-state index is 0.443. The molecule has 0 aromatic carbocycles. The maximum atomic E-state index is 5.68. The number of likely N-dealkylation sites (tertiary alicyclic amines) is 1. The molecule has 68 valence electrons. The van der Waals surface area contributed by atoms with Crippen molar-refractivity contribution in [2.45, 2.75) is 25.0 Å². The average Bonchev–Trinajstić information content (AvgIpc) is 2.29. The molecule has 0 spiro atoms. The van der Waals surface area contributed by atoms with E-state index in [9.17, 15) is 0 Å². The number of nitrogens with zero attached hydrogens (tertiary/aromatic N) is 1. The molecular formula is C8H14N2OS. The Bertz CT molecular complexity index is 185. The minimum absolute atomic E-state index is 0.443. The zero-order valence-electron chi connectivity index (χ0n) is 7.03. The number of fused-ring (bicyclic) bond motifs is 2. The Hall–Kier alpha value is -0.190. The molecule has 2 unspecified atom stereocenters. The molecule has 2 fully saturated rings. The van der Waals surface area contributed by atoms with Gasteiger partial charge in [-0.05, 0) is 12.8 Å². The Labute approximate surface area is 77.9 Å². The average molecular weight is 186 g/mol. The Morgan fingerprint density at radius 1 is 1.42 bits per heavy atom. The first kappa shape index (κ1) is 8.41. The summed E-state index contributed by atoms with van der Waals surface area (Å²) in [6.07, 6.45) is 3.30. The molecule has 0 saturated carbocycles. The van der Waals surface area contributed by atoms with Gasteiger partial charge in [0.25, 0.3) is 0 Å². The summed E-state index contributed by atoms with van der Waals surface area (Å²) in [5.74, 6) is 0. The summed E-state index contributed by atoms with van der Waals surface area (Å²) >= 11 is 4.87. The highest BCUT2D eigenvalue weighted by Gasteiger charge is 2.33. The molecule has 0 amide bonds. The number of hydrogen-bond acceptors (Lipinski definition) is 3. The van der Waals surface area contributed by atoms with E-state index in [1.807, 2.05) is 0 Å². The van der Waals surface area contributed by atoms with Crippen LogP contribution < -0.4 is 5.73 Å². The third kappa shape index (κ3) is 1.76. The van der Waals surface area contributed by atoms with Crippen molar-refractivity contribution in [3.05, 3.63) is 0 Å². The van der Waals surface area contributed by atoms with E-state index in [1.165, 1.54) is 12.8 Å². The van der Waals surface area contributed by atoms with Crippen molar-refractivity contribution in [2.75, 3.05) is 19.6 Å². The highest BCUT2D eigenvalue weighted by atomic mass is 32.1. The van der Waals surface area contributed by atoms with E-state index < -0.39 is 0 Å². The summed E-state index contributed by atoms with van der Waals surface area (Å²) in [6, 6.07) is 0. The SMILES string of the molecule is NC(=S)CN1CC2CCC(C1)O2. The van der Waals surface area contributed by atoms with Crippen molar-refractivity contribution in [3.63, 3.8) is 0 Å².